The van der Waals surface area contributed by atoms with Crippen LogP contribution >= 0.6 is 0 Å². The molecule has 0 bridgehead atoms. The van der Waals surface area contributed by atoms with Crippen molar-refractivity contribution in [3.05, 3.63) is 24.2 Å². The Labute approximate surface area is 106 Å². The highest BCUT2D eigenvalue weighted by Crippen LogP contribution is 2.03. The second-order valence-corrected chi connectivity index (χ2v) is 6.20. The fourth-order valence-electron chi connectivity index (χ4n) is 1.23. The van der Waals surface area contributed by atoms with Gasteiger partial charge in [0.25, 0.3) is 0 Å². The lowest BCUT2D eigenvalue weighted by Crippen LogP contribution is -2.26. The zero-order chi connectivity index (χ0) is 13.4. The van der Waals surface area contributed by atoms with Crippen LogP contribution in [-0.2, 0) is 25.9 Å². The highest BCUT2D eigenvalue weighted by molar-refractivity contribution is 7.90. The Morgan fingerprint density at radius 1 is 1.50 bits per heavy atom. The monoisotopic (exact) mass is 275 g/mol. The number of aryl methyl sites for hydroxylation is 1. The minimum atomic E-state index is -3.11. The number of hydrogen-bond donors (Lipinski definition) is 1. The first-order valence-electron chi connectivity index (χ1n) is 5.58. The molecule has 0 spiro atoms. The molecule has 0 unspecified atom stereocenters. The molecule has 1 amide bonds. The summed E-state index contributed by atoms with van der Waals surface area (Å²) in [6.45, 7) is 0.352. The fourth-order valence-corrected chi connectivity index (χ4v) is 1.79. The number of nitrogens with one attached hydrogen (secondary N) is 1. The lowest BCUT2D eigenvalue weighted by atomic mass is 10.3. The SMILES string of the molecule is CS(=O)(=O)CCC(=O)NOCCCc1ccco1. The predicted molar refractivity (Wildman–Crippen MR) is 65.5 cm³/mol. The van der Waals surface area contributed by atoms with E-state index in [0.717, 1.165) is 18.4 Å². The Kier molecular flexibility index (Phi) is 5.87. The molecular formula is C11H17NO5S. The highest BCUT2D eigenvalue weighted by Gasteiger charge is 2.07. The summed E-state index contributed by atoms with van der Waals surface area (Å²) in [6.07, 6.45) is 4.04. The fraction of sp³-hybridized carbons (Fsp3) is 0.545. The van der Waals surface area contributed by atoms with Crippen molar-refractivity contribution in [2.45, 2.75) is 19.3 Å². The van der Waals surface area contributed by atoms with Gasteiger partial charge in [-0.3, -0.25) is 9.63 Å². The summed E-state index contributed by atoms with van der Waals surface area (Å²) in [4.78, 5) is 16.1. The van der Waals surface area contributed by atoms with Gasteiger partial charge in [-0.15, -0.1) is 0 Å². The average Bonchev–Trinajstić information content (AvgIpc) is 2.78. The van der Waals surface area contributed by atoms with E-state index in [2.05, 4.69) is 5.48 Å². The van der Waals surface area contributed by atoms with E-state index in [9.17, 15) is 13.2 Å². The molecule has 0 saturated carbocycles. The number of sulfone groups is 1. The van der Waals surface area contributed by atoms with Gasteiger partial charge in [-0.1, -0.05) is 0 Å². The number of amides is 1. The normalized spacial score (nSPS) is 11.4. The number of carbonyl (C=O) groups excluding carboxylic acids is 1. The third-order valence-corrected chi connectivity index (χ3v) is 3.08. The molecule has 102 valence electrons. The summed E-state index contributed by atoms with van der Waals surface area (Å²) in [6, 6.07) is 3.67. The predicted octanol–water partition coefficient (Wildman–Crippen LogP) is 0.695. The van der Waals surface area contributed by atoms with Gasteiger partial charge in [-0.25, -0.2) is 13.9 Å². The number of hydroxylamine groups is 1. The first kappa shape index (κ1) is 14.7. The van der Waals surface area contributed by atoms with Crippen LogP contribution in [0.25, 0.3) is 0 Å². The van der Waals surface area contributed by atoms with E-state index >= 15 is 0 Å². The van der Waals surface area contributed by atoms with Crippen LogP contribution in [0.3, 0.4) is 0 Å². The van der Waals surface area contributed by atoms with E-state index < -0.39 is 15.7 Å². The molecule has 0 aliphatic rings. The summed E-state index contributed by atoms with van der Waals surface area (Å²) in [5, 5.41) is 0. The van der Waals surface area contributed by atoms with Gasteiger partial charge in [0.2, 0.25) is 5.91 Å². The average molecular weight is 275 g/mol. The van der Waals surface area contributed by atoms with E-state index in [-0.39, 0.29) is 12.2 Å². The molecule has 0 aliphatic heterocycles. The Morgan fingerprint density at radius 3 is 2.89 bits per heavy atom. The smallest absolute Gasteiger partial charge is 0.244 e. The van der Waals surface area contributed by atoms with Gasteiger partial charge in [0.15, 0.2) is 0 Å². The van der Waals surface area contributed by atoms with Crippen molar-refractivity contribution in [2.24, 2.45) is 0 Å². The molecule has 0 radical (unpaired) electrons. The van der Waals surface area contributed by atoms with Gasteiger partial charge in [-0.2, -0.15) is 0 Å². The maximum atomic E-state index is 11.2. The highest BCUT2D eigenvalue weighted by atomic mass is 32.2. The van der Waals surface area contributed by atoms with Crippen LogP contribution in [0.5, 0.6) is 0 Å². The molecule has 0 atom stereocenters. The van der Waals surface area contributed by atoms with Gasteiger partial charge in [0.05, 0.1) is 18.6 Å². The molecule has 1 aromatic rings. The van der Waals surface area contributed by atoms with Gasteiger partial charge in [0, 0.05) is 19.1 Å². The first-order valence-corrected chi connectivity index (χ1v) is 7.64. The molecule has 18 heavy (non-hydrogen) atoms. The van der Waals surface area contributed by atoms with Crippen molar-refractivity contribution in [1.82, 2.24) is 5.48 Å². The van der Waals surface area contributed by atoms with Crippen molar-refractivity contribution >= 4 is 15.7 Å². The van der Waals surface area contributed by atoms with Gasteiger partial charge >= 0.3 is 0 Å². The summed E-state index contributed by atoms with van der Waals surface area (Å²) in [5.74, 6) is 0.259. The number of rotatable bonds is 8. The number of furan rings is 1. The second kappa shape index (κ2) is 7.17. The quantitative estimate of drug-likeness (QED) is 0.557. The number of carbonyl (C=O) groups is 1. The lowest BCUT2D eigenvalue weighted by molar-refractivity contribution is -0.133. The molecule has 7 heteroatoms. The van der Waals surface area contributed by atoms with Crippen LogP contribution < -0.4 is 5.48 Å². The molecule has 1 rings (SSSR count). The Morgan fingerprint density at radius 2 is 2.28 bits per heavy atom. The van der Waals surface area contributed by atoms with Gasteiger partial charge < -0.3 is 4.42 Å². The second-order valence-electron chi connectivity index (χ2n) is 3.94. The molecule has 0 fully saturated rings. The Bertz CT molecular complexity index is 452. The van der Waals surface area contributed by atoms with E-state index in [0.29, 0.717) is 13.0 Å². The van der Waals surface area contributed by atoms with Crippen LogP contribution in [-0.4, -0.2) is 32.9 Å². The summed E-state index contributed by atoms with van der Waals surface area (Å²) in [7, 11) is -3.11. The third kappa shape index (κ3) is 7.08. The van der Waals surface area contributed by atoms with Crippen molar-refractivity contribution in [3.63, 3.8) is 0 Å². The number of hydrogen-bond acceptors (Lipinski definition) is 5. The molecule has 0 aromatic carbocycles. The molecule has 6 nitrogen and oxygen atoms in total. The Hall–Kier alpha value is -1.34. The van der Waals surface area contributed by atoms with Crippen molar-refractivity contribution in [2.75, 3.05) is 18.6 Å². The molecule has 1 aromatic heterocycles. The van der Waals surface area contributed by atoms with Crippen LogP contribution in [0.1, 0.15) is 18.6 Å². The van der Waals surface area contributed by atoms with Gasteiger partial charge in [0.1, 0.15) is 15.6 Å². The zero-order valence-corrected chi connectivity index (χ0v) is 11.0. The van der Waals surface area contributed by atoms with Crippen LogP contribution in [0.15, 0.2) is 22.8 Å². The van der Waals surface area contributed by atoms with Gasteiger partial charge in [-0.05, 0) is 18.6 Å². The molecular weight excluding hydrogens is 258 g/mol. The third-order valence-electron chi connectivity index (χ3n) is 2.14. The van der Waals surface area contributed by atoms with Crippen LogP contribution in [0, 0.1) is 0 Å². The summed E-state index contributed by atoms with van der Waals surface area (Å²) < 4.78 is 26.8. The van der Waals surface area contributed by atoms with E-state index in [1.807, 2.05) is 12.1 Å². The maximum Gasteiger partial charge on any atom is 0.244 e. The van der Waals surface area contributed by atoms with Crippen molar-refractivity contribution in [1.29, 1.82) is 0 Å². The van der Waals surface area contributed by atoms with Crippen LogP contribution in [0.2, 0.25) is 0 Å². The maximum absolute atomic E-state index is 11.2. The minimum absolute atomic E-state index is 0.0863. The summed E-state index contributed by atoms with van der Waals surface area (Å²) in [5.41, 5.74) is 2.20. The minimum Gasteiger partial charge on any atom is -0.469 e. The summed E-state index contributed by atoms with van der Waals surface area (Å²) >= 11 is 0. The lowest BCUT2D eigenvalue weighted by Gasteiger charge is -2.04. The molecule has 0 saturated heterocycles. The van der Waals surface area contributed by atoms with E-state index in [1.54, 1.807) is 6.26 Å². The molecule has 1 heterocycles. The largest absolute Gasteiger partial charge is 0.469 e. The first-order chi connectivity index (χ1) is 8.47. The van der Waals surface area contributed by atoms with Crippen LogP contribution in [0.4, 0.5) is 0 Å². The Balaban J connectivity index is 2.02. The zero-order valence-electron chi connectivity index (χ0n) is 10.2. The van der Waals surface area contributed by atoms with Crippen molar-refractivity contribution in [3.8, 4) is 0 Å². The topological polar surface area (TPSA) is 85.6 Å². The van der Waals surface area contributed by atoms with E-state index in [4.69, 9.17) is 9.25 Å². The van der Waals surface area contributed by atoms with Crippen molar-refractivity contribution < 1.29 is 22.5 Å². The van der Waals surface area contributed by atoms with E-state index in [1.165, 1.54) is 0 Å². The molecule has 1 N–H and O–H groups in total. The molecule has 0 aliphatic carbocycles. The standard InChI is InChI=1S/C11H17NO5S/c1-18(14,15)9-6-11(13)12-17-8-3-5-10-4-2-7-16-10/h2,4,7H,3,5-6,8-9H2,1H3,(H,12,13).